The van der Waals surface area contributed by atoms with Crippen LogP contribution in [0.1, 0.15) is 46.3 Å². The number of hydrogen-bond donors (Lipinski definition) is 0. The van der Waals surface area contributed by atoms with Crippen molar-refractivity contribution in [2.24, 2.45) is 0 Å². The summed E-state index contributed by atoms with van der Waals surface area (Å²) in [6.45, 7) is 4.32. The summed E-state index contributed by atoms with van der Waals surface area (Å²) in [6, 6.07) is 23.4. The molecule has 0 bridgehead atoms. The van der Waals surface area contributed by atoms with Gasteiger partial charge in [0.05, 0.1) is 7.11 Å². The first-order valence-electron chi connectivity index (χ1n) is 9.13. The van der Waals surface area contributed by atoms with Crippen molar-refractivity contribution in [1.82, 2.24) is 0 Å². The quantitative estimate of drug-likeness (QED) is 0.583. The van der Waals surface area contributed by atoms with Crippen LogP contribution in [0.15, 0.2) is 66.7 Å². The standard InChI is InChI=1S/C24H24O2/c1-16-9-10-17(2)24-23(16)21(18-11-13-20(25-3)14-12-18)15-22(26-24)19-7-5-4-6-8-19/h4-14,21-22H,15H2,1-3H3. The van der Waals surface area contributed by atoms with E-state index in [2.05, 4.69) is 68.4 Å². The Hall–Kier alpha value is -2.74. The molecule has 0 saturated carbocycles. The lowest BCUT2D eigenvalue weighted by Crippen LogP contribution is -2.21. The minimum Gasteiger partial charge on any atom is -0.497 e. The lowest BCUT2D eigenvalue weighted by Gasteiger charge is -2.35. The van der Waals surface area contributed by atoms with Gasteiger partial charge in [-0.2, -0.15) is 0 Å². The molecule has 3 aromatic rings. The van der Waals surface area contributed by atoms with Gasteiger partial charge in [0.15, 0.2) is 0 Å². The molecule has 26 heavy (non-hydrogen) atoms. The fourth-order valence-electron chi connectivity index (χ4n) is 3.93. The largest absolute Gasteiger partial charge is 0.497 e. The van der Waals surface area contributed by atoms with Crippen molar-refractivity contribution in [2.45, 2.75) is 32.3 Å². The van der Waals surface area contributed by atoms with Crippen LogP contribution in [-0.2, 0) is 0 Å². The zero-order chi connectivity index (χ0) is 18.1. The van der Waals surface area contributed by atoms with Crippen LogP contribution in [0.4, 0.5) is 0 Å². The molecule has 0 aromatic heterocycles. The lowest BCUT2D eigenvalue weighted by atomic mass is 9.80. The second kappa shape index (κ2) is 6.87. The molecule has 2 atom stereocenters. The first-order chi connectivity index (χ1) is 12.7. The van der Waals surface area contributed by atoms with Gasteiger partial charge in [-0.05, 0) is 54.7 Å². The molecule has 0 N–H and O–H groups in total. The van der Waals surface area contributed by atoms with Gasteiger partial charge in [0.1, 0.15) is 17.6 Å². The molecule has 3 aromatic carbocycles. The molecule has 2 nitrogen and oxygen atoms in total. The maximum atomic E-state index is 6.50. The molecule has 1 aliphatic heterocycles. The first-order valence-corrected chi connectivity index (χ1v) is 9.13. The van der Waals surface area contributed by atoms with Crippen molar-refractivity contribution >= 4 is 0 Å². The van der Waals surface area contributed by atoms with E-state index in [9.17, 15) is 0 Å². The van der Waals surface area contributed by atoms with E-state index in [1.165, 1.54) is 27.8 Å². The van der Waals surface area contributed by atoms with Gasteiger partial charge in [0.2, 0.25) is 0 Å². The monoisotopic (exact) mass is 344 g/mol. The number of rotatable bonds is 3. The first kappa shape index (κ1) is 16.7. The van der Waals surface area contributed by atoms with E-state index >= 15 is 0 Å². The zero-order valence-electron chi connectivity index (χ0n) is 15.5. The van der Waals surface area contributed by atoms with Gasteiger partial charge in [-0.25, -0.2) is 0 Å². The molecule has 0 saturated heterocycles. The third kappa shape index (κ3) is 2.96. The number of aryl methyl sites for hydroxylation is 2. The SMILES string of the molecule is COc1ccc(C2CC(c3ccccc3)Oc3c(C)ccc(C)c32)cc1. The van der Waals surface area contributed by atoms with Crippen LogP contribution in [0.25, 0.3) is 0 Å². The predicted octanol–water partition coefficient (Wildman–Crippen LogP) is 5.97. The Morgan fingerprint density at radius 3 is 2.19 bits per heavy atom. The van der Waals surface area contributed by atoms with Gasteiger partial charge in [-0.3, -0.25) is 0 Å². The summed E-state index contributed by atoms with van der Waals surface area (Å²) < 4.78 is 11.8. The molecule has 1 heterocycles. The highest BCUT2D eigenvalue weighted by Crippen LogP contribution is 2.48. The van der Waals surface area contributed by atoms with Crippen molar-refractivity contribution in [2.75, 3.05) is 7.11 Å². The summed E-state index contributed by atoms with van der Waals surface area (Å²) in [5.74, 6) is 2.25. The highest BCUT2D eigenvalue weighted by Gasteiger charge is 2.32. The fourth-order valence-corrected chi connectivity index (χ4v) is 3.93. The number of hydrogen-bond acceptors (Lipinski definition) is 2. The van der Waals surface area contributed by atoms with E-state index in [0.29, 0.717) is 5.92 Å². The highest BCUT2D eigenvalue weighted by molar-refractivity contribution is 5.53. The molecule has 1 aliphatic rings. The molecule has 2 unspecified atom stereocenters. The Morgan fingerprint density at radius 1 is 0.808 bits per heavy atom. The normalized spacial score (nSPS) is 18.7. The number of fused-ring (bicyclic) bond motifs is 1. The van der Waals surface area contributed by atoms with Crippen molar-refractivity contribution in [3.8, 4) is 11.5 Å². The van der Waals surface area contributed by atoms with Crippen LogP contribution in [0.2, 0.25) is 0 Å². The van der Waals surface area contributed by atoms with E-state index in [-0.39, 0.29) is 6.10 Å². The van der Waals surface area contributed by atoms with Crippen molar-refractivity contribution in [3.05, 3.63) is 94.5 Å². The average molecular weight is 344 g/mol. The van der Waals surface area contributed by atoms with Gasteiger partial charge in [0.25, 0.3) is 0 Å². The van der Waals surface area contributed by atoms with Gasteiger partial charge in [-0.1, -0.05) is 54.6 Å². The molecule has 0 amide bonds. The van der Waals surface area contributed by atoms with Gasteiger partial charge in [-0.15, -0.1) is 0 Å². The summed E-state index contributed by atoms with van der Waals surface area (Å²) >= 11 is 0. The summed E-state index contributed by atoms with van der Waals surface area (Å²) in [6.07, 6.45) is 1.00. The number of methoxy groups -OCH3 is 1. The van der Waals surface area contributed by atoms with E-state index in [1.54, 1.807) is 7.11 Å². The smallest absolute Gasteiger partial charge is 0.127 e. The predicted molar refractivity (Wildman–Crippen MR) is 105 cm³/mol. The molecule has 0 fully saturated rings. The van der Waals surface area contributed by atoms with E-state index in [4.69, 9.17) is 9.47 Å². The van der Waals surface area contributed by atoms with Crippen LogP contribution in [0.3, 0.4) is 0 Å². The summed E-state index contributed by atoms with van der Waals surface area (Å²) in [5.41, 5.74) is 6.35. The molecule has 132 valence electrons. The molecule has 0 aliphatic carbocycles. The average Bonchev–Trinajstić information content (AvgIpc) is 2.71. The Bertz CT molecular complexity index is 897. The second-order valence-electron chi connectivity index (χ2n) is 7.02. The van der Waals surface area contributed by atoms with Crippen molar-refractivity contribution in [3.63, 3.8) is 0 Å². The summed E-state index contributed by atoms with van der Waals surface area (Å²) in [7, 11) is 1.71. The lowest BCUT2D eigenvalue weighted by molar-refractivity contribution is 0.166. The van der Waals surface area contributed by atoms with Crippen LogP contribution in [0, 0.1) is 13.8 Å². The minimum absolute atomic E-state index is 0.0660. The summed E-state index contributed by atoms with van der Waals surface area (Å²) in [4.78, 5) is 0. The van der Waals surface area contributed by atoms with E-state index < -0.39 is 0 Å². The molecular weight excluding hydrogens is 320 g/mol. The van der Waals surface area contributed by atoms with Gasteiger partial charge >= 0.3 is 0 Å². The summed E-state index contributed by atoms with van der Waals surface area (Å²) in [5, 5.41) is 0. The number of benzene rings is 3. The fraction of sp³-hybridized carbons (Fsp3) is 0.250. The Balaban J connectivity index is 1.82. The highest BCUT2D eigenvalue weighted by atomic mass is 16.5. The van der Waals surface area contributed by atoms with Crippen LogP contribution in [0.5, 0.6) is 11.5 Å². The van der Waals surface area contributed by atoms with Crippen molar-refractivity contribution < 1.29 is 9.47 Å². The Labute approximate surface area is 155 Å². The molecule has 0 spiro atoms. The maximum absolute atomic E-state index is 6.50. The van der Waals surface area contributed by atoms with Crippen LogP contribution in [-0.4, -0.2) is 7.11 Å². The molecular formula is C24H24O2. The number of ether oxygens (including phenoxy) is 2. The molecule has 2 heteroatoms. The van der Waals surface area contributed by atoms with Crippen LogP contribution >= 0.6 is 0 Å². The Morgan fingerprint density at radius 2 is 1.50 bits per heavy atom. The third-order valence-corrected chi connectivity index (χ3v) is 5.36. The van der Waals surface area contributed by atoms with Gasteiger partial charge in [0, 0.05) is 11.5 Å². The topological polar surface area (TPSA) is 18.5 Å². The zero-order valence-corrected chi connectivity index (χ0v) is 15.5. The second-order valence-corrected chi connectivity index (χ2v) is 7.02. The molecule has 0 radical (unpaired) electrons. The maximum Gasteiger partial charge on any atom is 0.127 e. The van der Waals surface area contributed by atoms with Crippen LogP contribution < -0.4 is 9.47 Å². The minimum atomic E-state index is 0.0660. The van der Waals surface area contributed by atoms with E-state index in [1.807, 2.05) is 12.1 Å². The van der Waals surface area contributed by atoms with Gasteiger partial charge < -0.3 is 9.47 Å². The van der Waals surface area contributed by atoms with E-state index in [0.717, 1.165) is 17.9 Å². The third-order valence-electron chi connectivity index (χ3n) is 5.36. The molecule has 4 rings (SSSR count). The Kier molecular flexibility index (Phi) is 4.42. The van der Waals surface area contributed by atoms with Crippen molar-refractivity contribution in [1.29, 1.82) is 0 Å².